The second-order valence-electron chi connectivity index (χ2n) is 12.5. The van der Waals surface area contributed by atoms with Gasteiger partial charge in [-0.25, -0.2) is 24.0 Å². The van der Waals surface area contributed by atoms with Crippen molar-refractivity contribution in [2.45, 2.75) is 20.0 Å². The minimum absolute atomic E-state index is 0.0152. The first-order valence-electron chi connectivity index (χ1n) is 17.6. The lowest BCUT2D eigenvalue weighted by atomic mass is 10.1. The molecule has 3 heterocycles. The van der Waals surface area contributed by atoms with Crippen molar-refractivity contribution in [1.82, 2.24) is 29.1 Å². The number of aromatic carboxylic acids is 4. The lowest BCUT2D eigenvalue weighted by Gasteiger charge is -2.14. The SMILES string of the molecule is Cc1cc(=O)n(CCNc2nc(NCCO)nc(NCCn3c(O)c(N=Nc4cc(C(=O)O)cc(C(=O)O)c4)c(=O)[nH]c3=O)n2)c(O)c1N=Nc1cc(C(=O)O)cc(C(=O)O)c1. The van der Waals surface area contributed by atoms with Crippen molar-refractivity contribution in [3.63, 3.8) is 0 Å². The fraction of sp³-hybridized carbons (Fsp3) is 0.200. The Morgan fingerprint density at radius 3 is 1.44 bits per heavy atom. The van der Waals surface area contributed by atoms with E-state index in [4.69, 9.17) is 0 Å². The van der Waals surface area contributed by atoms with Gasteiger partial charge in [0.15, 0.2) is 0 Å². The average molecular weight is 860 g/mol. The Labute approximate surface area is 344 Å². The summed E-state index contributed by atoms with van der Waals surface area (Å²) in [5.74, 6) is -7.56. The number of hydrogen-bond acceptors (Lipinski definition) is 20. The zero-order valence-corrected chi connectivity index (χ0v) is 31.8. The zero-order valence-electron chi connectivity index (χ0n) is 31.8. The van der Waals surface area contributed by atoms with Gasteiger partial charge >= 0.3 is 29.6 Å². The van der Waals surface area contributed by atoms with E-state index in [0.29, 0.717) is 4.57 Å². The molecule has 0 radical (unpaired) electrons. The van der Waals surface area contributed by atoms with E-state index in [-0.39, 0.29) is 90.9 Å². The number of carbonyl (C=O) groups is 4. The molecule has 0 bridgehead atoms. The predicted octanol–water partition coefficient (Wildman–Crippen LogP) is 1.85. The molecule has 322 valence electrons. The van der Waals surface area contributed by atoms with E-state index in [2.05, 4.69) is 51.4 Å². The number of aromatic nitrogens is 6. The molecule has 3 aromatic heterocycles. The van der Waals surface area contributed by atoms with E-state index in [1.807, 2.05) is 4.98 Å². The summed E-state index contributed by atoms with van der Waals surface area (Å²) >= 11 is 0. The minimum Gasteiger partial charge on any atom is -0.493 e. The Morgan fingerprint density at radius 2 is 1.00 bits per heavy atom. The number of anilines is 3. The number of H-pyrrole nitrogens is 1. The van der Waals surface area contributed by atoms with Gasteiger partial charge in [0.2, 0.25) is 35.3 Å². The zero-order chi connectivity index (χ0) is 45.2. The molecule has 0 fully saturated rings. The topological polar surface area (TPSA) is 411 Å². The number of rotatable bonds is 19. The van der Waals surface area contributed by atoms with Crippen molar-refractivity contribution < 1.29 is 54.9 Å². The van der Waals surface area contributed by atoms with Crippen molar-refractivity contribution in [3.05, 3.63) is 101 Å². The van der Waals surface area contributed by atoms with Crippen LogP contribution in [0.2, 0.25) is 0 Å². The van der Waals surface area contributed by atoms with Crippen LogP contribution in [0.5, 0.6) is 11.8 Å². The normalized spacial score (nSPS) is 11.2. The van der Waals surface area contributed by atoms with Crippen LogP contribution in [-0.4, -0.2) is 115 Å². The Kier molecular flexibility index (Phi) is 13.7. The highest BCUT2D eigenvalue weighted by Crippen LogP contribution is 2.31. The largest absolute Gasteiger partial charge is 0.493 e. The molecular formula is C35H33N13O14. The van der Waals surface area contributed by atoms with E-state index in [9.17, 15) is 69.3 Å². The molecule has 0 aliphatic carbocycles. The molecule has 0 saturated carbocycles. The number of carboxylic acids is 4. The third kappa shape index (κ3) is 10.8. The molecule has 5 rings (SSSR count). The summed E-state index contributed by atoms with van der Waals surface area (Å²) in [6, 6.07) is 7.04. The van der Waals surface area contributed by atoms with Crippen LogP contribution in [-0.2, 0) is 13.1 Å². The number of aliphatic hydroxyl groups is 1. The first-order valence-corrected chi connectivity index (χ1v) is 17.6. The third-order valence-corrected chi connectivity index (χ3v) is 8.22. The van der Waals surface area contributed by atoms with E-state index in [0.717, 1.165) is 47.0 Å². The highest BCUT2D eigenvalue weighted by Gasteiger charge is 2.18. The fourth-order valence-corrected chi connectivity index (χ4v) is 5.31. The number of nitrogens with zero attached hydrogens (tertiary/aromatic N) is 9. The Morgan fingerprint density at radius 1 is 0.597 bits per heavy atom. The molecule has 0 spiro atoms. The van der Waals surface area contributed by atoms with Crippen LogP contribution in [0.15, 0.2) is 77.3 Å². The number of benzene rings is 2. The number of azo groups is 2. The van der Waals surface area contributed by atoms with Crippen molar-refractivity contribution in [1.29, 1.82) is 0 Å². The first kappa shape index (κ1) is 44.2. The molecular weight excluding hydrogens is 826 g/mol. The number of hydrogen-bond donors (Lipinski definition) is 11. The molecule has 27 nitrogen and oxygen atoms in total. The number of aliphatic hydroxyl groups excluding tert-OH is 1. The van der Waals surface area contributed by atoms with Gasteiger partial charge in [-0.15, -0.1) is 10.2 Å². The Bertz CT molecular complexity index is 2770. The Hall–Kier alpha value is -8.88. The van der Waals surface area contributed by atoms with Crippen molar-refractivity contribution in [2.24, 2.45) is 20.5 Å². The van der Waals surface area contributed by atoms with Crippen LogP contribution in [0.25, 0.3) is 0 Å². The van der Waals surface area contributed by atoms with E-state index in [1.165, 1.54) is 6.92 Å². The number of carboxylic acid groups (broad SMARTS) is 4. The lowest BCUT2D eigenvalue weighted by molar-refractivity contribution is 0.0676. The quantitative estimate of drug-likeness (QED) is 0.0528. The summed E-state index contributed by atoms with van der Waals surface area (Å²) in [5, 5.41) is 91.9. The van der Waals surface area contributed by atoms with Crippen molar-refractivity contribution in [3.8, 4) is 11.8 Å². The number of pyridine rings is 1. The molecule has 27 heteroatoms. The molecule has 0 unspecified atom stereocenters. The summed E-state index contributed by atoms with van der Waals surface area (Å²) < 4.78 is 1.63. The fourth-order valence-electron chi connectivity index (χ4n) is 5.31. The van der Waals surface area contributed by atoms with E-state index >= 15 is 0 Å². The highest BCUT2D eigenvalue weighted by atomic mass is 16.4. The number of nitrogens with one attached hydrogen (secondary N) is 4. The summed E-state index contributed by atoms with van der Waals surface area (Å²) in [5.41, 5.74) is -5.69. The van der Waals surface area contributed by atoms with Crippen LogP contribution >= 0.6 is 0 Å². The second kappa shape index (κ2) is 19.2. The summed E-state index contributed by atoms with van der Waals surface area (Å²) in [6.45, 7) is 0.311. The van der Waals surface area contributed by atoms with Crippen LogP contribution in [0.3, 0.4) is 0 Å². The highest BCUT2D eigenvalue weighted by molar-refractivity contribution is 5.96. The summed E-state index contributed by atoms with van der Waals surface area (Å²) in [7, 11) is 0. The second-order valence-corrected chi connectivity index (χ2v) is 12.5. The summed E-state index contributed by atoms with van der Waals surface area (Å²) in [4.78, 5) is 98.4. The van der Waals surface area contributed by atoms with Gasteiger partial charge in [0.1, 0.15) is 5.69 Å². The predicted molar refractivity (Wildman–Crippen MR) is 212 cm³/mol. The molecule has 0 saturated heterocycles. The molecule has 62 heavy (non-hydrogen) atoms. The van der Waals surface area contributed by atoms with Gasteiger partial charge in [0.05, 0.1) is 40.2 Å². The van der Waals surface area contributed by atoms with Gasteiger partial charge in [0.25, 0.3) is 11.1 Å². The van der Waals surface area contributed by atoms with Crippen LogP contribution < -0.4 is 32.8 Å². The van der Waals surface area contributed by atoms with Gasteiger partial charge in [-0.3, -0.25) is 23.7 Å². The molecule has 5 aromatic rings. The van der Waals surface area contributed by atoms with E-state index in [1.54, 1.807) is 0 Å². The minimum atomic E-state index is -1.47. The maximum absolute atomic E-state index is 12.9. The lowest BCUT2D eigenvalue weighted by Crippen LogP contribution is -2.31. The van der Waals surface area contributed by atoms with Gasteiger partial charge in [-0.2, -0.15) is 25.2 Å². The monoisotopic (exact) mass is 859 g/mol. The number of aromatic hydroxyl groups is 2. The standard InChI is InChI=1S/C35H33N13O14/c1-15-8-22(50)47(26(52)23(15)45-43-20-11-16(28(54)55)9-17(12-20)29(56)57)5-2-36-32-40-33(42-34(41-32)38-4-7-49)37-3-6-48-27(53)24(25(51)39-35(48)62)46-44-21-13-18(30(58)59)10-19(14-21)31(60)61/h8-14,49,52-53H,2-7H2,1H3,(H,54,55)(H,56,57)(H,58,59)(H,60,61)(H,39,51,62)(H3,36,37,38,40,41,42). The number of aryl methyl sites for hydroxylation is 1. The van der Waals surface area contributed by atoms with Crippen LogP contribution in [0.1, 0.15) is 47.0 Å². The smallest absolute Gasteiger partial charge is 0.335 e. The van der Waals surface area contributed by atoms with Gasteiger partial charge in [-0.05, 0) is 48.9 Å². The van der Waals surface area contributed by atoms with Crippen LogP contribution in [0, 0.1) is 6.92 Å². The molecule has 0 aliphatic heterocycles. The van der Waals surface area contributed by atoms with Crippen molar-refractivity contribution in [2.75, 3.05) is 42.2 Å². The summed E-state index contributed by atoms with van der Waals surface area (Å²) in [6.07, 6.45) is 0. The average Bonchev–Trinajstić information content (AvgIpc) is 3.21. The third-order valence-electron chi connectivity index (χ3n) is 8.22. The Balaban J connectivity index is 1.32. The van der Waals surface area contributed by atoms with Gasteiger partial charge in [0, 0.05) is 38.8 Å². The maximum atomic E-state index is 12.9. The first-order chi connectivity index (χ1) is 29.4. The molecule has 0 aliphatic rings. The van der Waals surface area contributed by atoms with Gasteiger partial charge < -0.3 is 51.7 Å². The van der Waals surface area contributed by atoms with Crippen LogP contribution in [0.4, 0.5) is 40.6 Å². The number of aromatic amines is 1. The molecule has 11 N–H and O–H groups in total. The molecule has 2 aromatic carbocycles. The van der Waals surface area contributed by atoms with Crippen molar-refractivity contribution >= 4 is 64.5 Å². The van der Waals surface area contributed by atoms with Gasteiger partial charge in [-0.1, -0.05) is 0 Å². The van der Waals surface area contributed by atoms with E-state index < -0.39 is 69.3 Å². The molecule has 0 atom stereocenters. The maximum Gasteiger partial charge on any atom is 0.335 e. The molecule has 0 amide bonds.